The van der Waals surface area contributed by atoms with E-state index in [1.807, 2.05) is 18.8 Å². The Balaban J connectivity index is 1.62. The fourth-order valence-corrected chi connectivity index (χ4v) is 3.37. The Morgan fingerprint density at radius 3 is 2.74 bits per heavy atom. The molecule has 5 heteroatoms. The summed E-state index contributed by atoms with van der Waals surface area (Å²) in [5, 5.41) is 6.82. The molecule has 1 aliphatic heterocycles. The van der Waals surface area contributed by atoms with E-state index in [0.717, 1.165) is 38.7 Å². The maximum atomic E-state index is 4.30. The summed E-state index contributed by atoms with van der Waals surface area (Å²) in [6.07, 6.45) is 5.79. The molecule has 0 saturated carbocycles. The molecule has 1 aromatic rings. The van der Waals surface area contributed by atoms with Gasteiger partial charge in [0.1, 0.15) is 0 Å². The Hall–Kier alpha value is -1.20. The number of fused-ring (bicyclic) bond motifs is 1. The third kappa shape index (κ3) is 6.43. The van der Waals surface area contributed by atoms with Crippen LogP contribution in [0.3, 0.4) is 0 Å². The molecule has 0 aliphatic carbocycles. The molecule has 23 heavy (non-hydrogen) atoms. The van der Waals surface area contributed by atoms with Gasteiger partial charge < -0.3 is 10.6 Å². The van der Waals surface area contributed by atoms with E-state index in [2.05, 4.69) is 51.0 Å². The zero-order chi connectivity index (χ0) is 16.3. The predicted octanol–water partition coefficient (Wildman–Crippen LogP) is 2.35. The Morgan fingerprint density at radius 1 is 1.17 bits per heavy atom. The van der Waals surface area contributed by atoms with Crippen LogP contribution in [-0.2, 0) is 13.0 Å². The molecule has 4 nitrogen and oxygen atoms in total. The van der Waals surface area contributed by atoms with Crippen LogP contribution >= 0.6 is 11.8 Å². The lowest BCUT2D eigenvalue weighted by Gasteiger charge is -2.28. The van der Waals surface area contributed by atoms with Crippen molar-refractivity contribution in [3.8, 4) is 0 Å². The molecule has 0 saturated heterocycles. The summed E-state index contributed by atoms with van der Waals surface area (Å²) < 4.78 is 0. The van der Waals surface area contributed by atoms with Gasteiger partial charge in [-0.25, -0.2) is 0 Å². The van der Waals surface area contributed by atoms with Crippen molar-refractivity contribution >= 4 is 17.7 Å². The van der Waals surface area contributed by atoms with E-state index in [4.69, 9.17) is 0 Å². The number of hydrogen-bond donors (Lipinski definition) is 2. The van der Waals surface area contributed by atoms with Gasteiger partial charge in [-0.15, -0.1) is 0 Å². The lowest BCUT2D eigenvalue weighted by molar-refractivity contribution is 0.258. The van der Waals surface area contributed by atoms with Gasteiger partial charge in [-0.1, -0.05) is 24.3 Å². The average molecular weight is 335 g/mol. The average Bonchev–Trinajstić information content (AvgIpc) is 2.60. The third-order valence-electron chi connectivity index (χ3n) is 4.22. The van der Waals surface area contributed by atoms with Gasteiger partial charge in [-0.2, -0.15) is 11.8 Å². The summed E-state index contributed by atoms with van der Waals surface area (Å²) in [5.41, 5.74) is 2.99. The molecule has 0 spiro atoms. The van der Waals surface area contributed by atoms with Crippen LogP contribution in [0.15, 0.2) is 29.3 Å². The van der Waals surface area contributed by atoms with Gasteiger partial charge in [-0.3, -0.25) is 9.89 Å². The highest BCUT2D eigenvalue weighted by Gasteiger charge is 2.14. The van der Waals surface area contributed by atoms with Gasteiger partial charge in [-0.05, 0) is 42.4 Å². The molecule has 128 valence electrons. The van der Waals surface area contributed by atoms with Crippen molar-refractivity contribution in [2.75, 3.05) is 45.2 Å². The first-order valence-electron chi connectivity index (χ1n) is 8.56. The van der Waals surface area contributed by atoms with Crippen LogP contribution in [0.4, 0.5) is 0 Å². The molecule has 0 amide bonds. The van der Waals surface area contributed by atoms with E-state index in [1.54, 1.807) is 0 Å². The number of aliphatic imine (C=N–C) groups is 1. The predicted molar refractivity (Wildman–Crippen MR) is 102 cm³/mol. The Kier molecular flexibility index (Phi) is 8.32. The van der Waals surface area contributed by atoms with Gasteiger partial charge in [0.2, 0.25) is 0 Å². The number of benzene rings is 1. The van der Waals surface area contributed by atoms with Crippen molar-refractivity contribution in [1.29, 1.82) is 0 Å². The highest BCUT2D eigenvalue weighted by atomic mass is 32.2. The van der Waals surface area contributed by atoms with Gasteiger partial charge >= 0.3 is 0 Å². The summed E-state index contributed by atoms with van der Waals surface area (Å²) in [4.78, 5) is 6.81. The number of thioether (sulfide) groups is 1. The molecular weight excluding hydrogens is 304 g/mol. The smallest absolute Gasteiger partial charge is 0.191 e. The van der Waals surface area contributed by atoms with Crippen molar-refractivity contribution in [2.24, 2.45) is 4.99 Å². The second-order valence-corrected chi connectivity index (χ2v) is 6.91. The minimum absolute atomic E-state index is 0.923. The first-order chi connectivity index (χ1) is 11.3. The van der Waals surface area contributed by atoms with Crippen molar-refractivity contribution in [1.82, 2.24) is 15.5 Å². The first kappa shape index (κ1) is 18.1. The molecule has 1 aromatic carbocycles. The van der Waals surface area contributed by atoms with Crippen LogP contribution in [0.1, 0.15) is 24.0 Å². The van der Waals surface area contributed by atoms with Crippen molar-refractivity contribution < 1.29 is 0 Å². The summed E-state index contributed by atoms with van der Waals surface area (Å²) in [7, 11) is 1.84. The fourth-order valence-electron chi connectivity index (χ4n) is 2.88. The van der Waals surface area contributed by atoms with E-state index >= 15 is 0 Å². The fraction of sp³-hybridized carbons (Fsp3) is 0.611. The highest BCUT2D eigenvalue weighted by molar-refractivity contribution is 7.98. The molecule has 2 rings (SSSR count). The van der Waals surface area contributed by atoms with E-state index in [0.29, 0.717) is 0 Å². The minimum atomic E-state index is 0.923. The third-order valence-corrected chi connectivity index (χ3v) is 4.92. The molecule has 2 N–H and O–H groups in total. The SMILES string of the molecule is CN=C(NCCCCSC)NCCN1CCc2ccccc2C1. The normalized spacial score (nSPS) is 15.3. The van der Waals surface area contributed by atoms with Crippen LogP contribution < -0.4 is 10.6 Å². The summed E-state index contributed by atoms with van der Waals surface area (Å²) in [6, 6.07) is 8.80. The van der Waals surface area contributed by atoms with E-state index < -0.39 is 0 Å². The van der Waals surface area contributed by atoms with Crippen LogP contribution in [-0.4, -0.2) is 56.1 Å². The zero-order valence-corrected chi connectivity index (χ0v) is 15.3. The number of unbranched alkanes of at least 4 members (excludes halogenated alkanes) is 1. The minimum Gasteiger partial charge on any atom is -0.356 e. The van der Waals surface area contributed by atoms with Crippen LogP contribution in [0, 0.1) is 0 Å². The van der Waals surface area contributed by atoms with Crippen molar-refractivity contribution in [3.63, 3.8) is 0 Å². The molecule has 0 radical (unpaired) electrons. The molecule has 0 atom stereocenters. The topological polar surface area (TPSA) is 39.7 Å². The van der Waals surface area contributed by atoms with E-state index in [1.165, 1.54) is 36.1 Å². The molecular formula is C18H30N4S. The number of rotatable bonds is 8. The van der Waals surface area contributed by atoms with Gasteiger partial charge in [0.15, 0.2) is 5.96 Å². The van der Waals surface area contributed by atoms with Crippen LogP contribution in [0.2, 0.25) is 0 Å². The number of hydrogen-bond acceptors (Lipinski definition) is 3. The lowest BCUT2D eigenvalue weighted by atomic mass is 10.00. The molecule has 1 heterocycles. The Labute approximate surface area is 145 Å². The quantitative estimate of drug-likeness (QED) is 0.435. The lowest BCUT2D eigenvalue weighted by Crippen LogP contribution is -2.42. The molecule has 0 fully saturated rings. The Morgan fingerprint density at radius 2 is 1.96 bits per heavy atom. The largest absolute Gasteiger partial charge is 0.356 e. The van der Waals surface area contributed by atoms with E-state index in [-0.39, 0.29) is 0 Å². The summed E-state index contributed by atoms with van der Waals surface area (Å²) >= 11 is 1.91. The number of guanidine groups is 1. The van der Waals surface area contributed by atoms with Crippen LogP contribution in [0.5, 0.6) is 0 Å². The van der Waals surface area contributed by atoms with Crippen molar-refractivity contribution in [2.45, 2.75) is 25.8 Å². The maximum absolute atomic E-state index is 4.30. The highest BCUT2D eigenvalue weighted by Crippen LogP contribution is 2.17. The number of nitrogens with one attached hydrogen (secondary N) is 2. The zero-order valence-electron chi connectivity index (χ0n) is 14.5. The van der Waals surface area contributed by atoms with Crippen molar-refractivity contribution in [3.05, 3.63) is 35.4 Å². The Bertz CT molecular complexity index is 490. The van der Waals surface area contributed by atoms with E-state index in [9.17, 15) is 0 Å². The molecule has 0 unspecified atom stereocenters. The first-order valence-corrected chi connectivity index (χ1v) is 9.95. The summed E-state index contributed by atoms with van der Waals surface area (Å²) in [6.45, 7) is 5.21. The second kappa shape index (κ2) is 10.6. The monoisotopic (exact) mass is 334 g/mol. The standard InChI is InChI=1S/C18H30N4S/c1-19-18(20-10-5-6-14-23-2)21-11-13-22-12-9-16-7-3-4-8-17(16)15-22/h3-4,7-8H,5-6,9-15H2,1-2H3,(H2,19,20,21). The number of nitrogens with zero attached hydrogens (tertiary/aromatic N) is 2. The van der Waals surface area contributed by atoms with Gasteiger partial charge in [0.25, 0.3) is 0 Å². The van der Waals surface area contributed by atoms with Gasteiger partial charge in [0, 0.05) is 39.8 Å². The van der Waals surface area contributed by atoms with Crippen LogP contribution in [0.25, 0.3) is 0 Å². The van der Waals surface area contributed by atoms with Gasteiger partial charge in [0.05, 0.1) is 0 Å². The molecule has 0 aromatic heterocycles. The summed E-state index contributed by atoms with van der Waals surface area (Å²) in [5.74, 6) is 2.16. The maximum Gasteiger partial charge on any atom is 0.191 e. The second-order valence-electron chi connectivity index (χ2n) is 5.92. The molecule has 1 aliphatic rings. The molecule has 0 bridgehead atoms.